The van der Waals surface area contributed by atoms with Gasteiger partial charge in [-0.15, -0.1) is 5.10 Å². The summed E-state index contributed by atoms with van der Waals surface area (Å²) in [5, 5.41) is 8.14. The zero-order valence-corrected chi connectivity index (χ0v) is 10.0. The van der Waals surface area contributed by atoms with Crippen LogP contribution in [0.1, 0.15) is 39.4 Å². The average Bonchev–Trinajstić information content (AvgIpc) is 2.62. The first-order valence-corrected chi connectivity index (χ1v) is 5.75. The Morgan fingerprint density at radius 1 is 1.27 bits per heavy atom. The number of nitrogens with zero attached hydrogens (tertiary/aromatic N) is 4. The second-order valence-electron chi connectivity index (χ2n) is 4.90. The molecule has 2 rings (SSSR count). The summed E-state index contributed by atoms with van der Waals surface area (Å²) >= 11 is 0. The van der Waals surface area contributed by atoms with Gasteiger partial charge in [0.05, 0.1) is 24.5 Å². The zero-order chi connectivity index (χ0) is 11.0. The van der Waals surface area contributed by atoms with Gasteiger partial charge in [0.15, 0.2) is 0 Å². The average molecular weight is 208 g/mol. The van der Waals surface area contributed by atoms with Crippen LogP contribution in [-0.4, -0.2) is 32.5 Å². The van der Waals surface area contributed by atoms with Crippen molar-refractivity contribution in [2.45, 2.75) is 46.3 Å². The molecule has 84 valence electrons. The molecule has 0 bridgehead atoms. The van der Waals surface area contributed by atoms with E-state index >= 15 is 0 Å². The van der Waals surface area contributed by atoms with Crippen molar-refractivity contribution in [2.24, 2.45) is 5.92 Å². The van der Waals surface area contributed by atoms with E-state index in [1.54, 1.807) is 0 Å². The lowest BCUT2D eigenvalue weighted by Crippen LogP contribution is -2.44. The topological polar surface area (TPSA) is 34.0 Å². The summed E-state index contributed by atoms with van der Waals surface area (Å²) in [7, 11) is 0. The fourth-order valence-corrected chi connectivity index (χ4v) is 2.49. The van der Waals surface area contributed by atoms with Crippen LogP contribution < -0.4 is 0 Å². The summed E-state index contributed by atoms with van der Waals surface area (Å²) in [6.45, 7) is 11.1. The van der Waals surface area contributed by atoms with Crippen molar-refractivity contribution in [2.75, 3.05) is 6.54 Å². The Hall–Kier alpha value is -0.900. The van der Waals surface area contributed by atoms with Gasteiger partial charge in [-0.05, 0) is 19.8 Å². The van der Waals surface area contributed by atoms with Gasteiger partial charge < -0.3 is 0 Å². The van der Waals surface area contributed by atoms with Crippen molar-refractivity contribution >= 4 is 0 Å². The molecule has 1 aliphatic rings. The quantitative estimate of drug-likeness (QED) is 0.742. The molecular formula is C11H20N4. The predicted molar refractivity (Wildman–Crippen MR) is 59.4 cm³/mol. The summed E-state index contributed by atoms with van der Waals surface area (Å²) in [4.78, 5) is 2.54. The third kappa shape index (κ3) is 1.78. The van der Waals surface area contributed by atoms with Crippen molar-refractivity contribution in [1.82, 2.24) is 19.9 Å². The molecule has 0 fully saturated rings. The molecule has 1 aliphatic heterocycles. The van der Waals surface area contributed by atoms with Crippen LogP contribution in [0.15, 0.2) is 6.20 Å². The van der Waals surface area contributed by atoms with Crippen LogP contribution >= 0.6 is 0 Å². The second kappa shape index (κ2) is 3.93. The molecule has 0 saturated heterocycles. The number of hydrogen-bond donors (Lipinski definition) is 0. The lowest BCUT2D eigenvalue weighted by Gasteiger charge is -2.40. The molecule has 1 unspecified atom stereocenters. The van der Waals surface area contributed by atoms with E-state index in [1.165, 1.54) is 5.69 Å². The molecular weight excluding hydrogens is 188 g/mol. The van der Waals surface area contributed by atoms with E-state index in [4.69, 9.17) is 0 Å². The third-order valence-corrected chi connectivity index (χ3v) is 3.17. The molecule has 1 aromatic heterocycles. The molecule has 0 spiro atoms. The first-order valence-electron chi connectivity index (χ1n) is 5.75. The maximum absolute atomic E-state index is 4.12. The molecule has 4 nitrogen and oxygen atoms in total. The summed E-state index contributed by atoms with van der Waals surface area (Å²) in [5.41, 5.74) is 1.27. The number of hydrogen-bond acceptors (Lipinski definition) is 3. The van der Waals surface area contributed by atoms with E-state index in [2.05, 4.69) is 42.9 Å². The molecule has 0 amide bonds. The van der Waals surface area contributed by atoms with E-state index in [-0.39, 0.29) is 0 Å². The van der Waals surface area contributed by atoms with E-state index in [0.717, 1.165) is 13.1 Å². The Morgan fingerprint density at radius 3 is 2.60 bits per heavy atom. The molecule has 2 heterocycles. The van der Waals surface area contributed by atoms with Gasteiger partial charge in [-0.25, -0.2) is 4.68 Å². The normalized spacial score (nSPS) is 22.4. The molecule has 0 aliphatic carbocycles. The van der Waals surface area contributed by atoms with Gasteiger partial charge >= 0.3 is 0 Å². The monoisotopic (exact) mass is 208 g/mol. The molecule has 0 aromatic carbocycles. The van der Waals surface area contributed by atoms with Gasteiger partial charge in [-0.2, -0.15) is 0 Å². The van der Waals surface area contributed by atoms with Crippen LogP contribution in [-0.2, 0) is 6.54 Å². The maximum Gasteiger partial charge on any atom is 0.0762 e. The van der Waals surface area contributed by atoms with Crippen molar-refractivity contribution < 1.29 is 0 Å². The highest BCUT2D eigenvalue weighted by atomic mass is 15.5. The first kappa shape index (κ1) is 10.6. The van der Waals surface area contributed by atoms with Crippen molar-refractivity contribution in [3.8, 4) is 0 Å². The number of fused-ring (bicyclic) bond motifs is 1. The van der Waals surface area contributed by atoms with Crippen LogP contribution in [0.2, 0.25) is 0 Å². The molecule has 0 radical (unpaired) electrons. The second-order valence-corrected chi connectivity index (χ2v) is 4.90. The van der Waals surface area contributed by atoms with Gasteiger partial charge in [0.1, 0.15) is 0 Å². The first-order chi connectivity index (χ1) is 7.11. The maximum atomic E-state index is 4.12. The number of rotatable bonds is 2. The Morgan fingerprint density at radius 2 is 2.00 bits per heavy atom. The smallest absolute Gasteiger partial charge is 0.0762 e. The lowest BCUT2D eigenvalue weighted by atomic mass is 9.96. The van der Waals surface area contributed by atoms with Crippen molar-refractivity contribution in [3.63, 3.8) is 0 Å². The van der Waals surface area contributed by atoms with Crippen LogP contribution in [0, 0.1) is 5.92 Å². The molecule has 4 heteroatoms. The zero-order valence-electron chi connectivity index (χ0n) is 10.0. The Bertz CT molecular complexity index is 329. The minimum Gasteiger partial charge on any atom is -0.290 e. The summed E-state index contributed by atoms with van der Waals surface area (Å²) in [5.74, 6) is 0.602. The molecule has 15 heavy (non-hydrogen) atoms. The molecule has 0 N–H and O–H groups in total. The van der Waals surface area contributed by atoms with Gasteiger partial charge in [-0.1, -0.05) is 19.1 Å². The summed E-state index contributed by atoms with van der Waals surface area (Å²) in [6.07, 6.45) is 1.92. The van der Waals surface area contributed by atoms with E-state index in [9.17, 15) is 0 Å². The van der Waals surface area contributed by atoms with E-state index in [1.807, 2.05) is 10.9 Å². The fourth-order valence-electron chi connectivity index (χ4n) is 2.49. The van der Waals surface area contributed by atoms with Gasteiger partial charge in [-0.3, -0.25) is 4.90 Å². The number of aromatic nitrogens is 3. The molecule has 1 atom stereocenters. The lowest BCUT2D eigenvalue weighted by molar-refractivity contribution is 0.0823. The van der Waals surface area contributed by atoms with Crippen LogP contribution in [0.5, 0.6) is 0 Å². The standard InChI is InChI=1S/C11H20N4/c1-8(2)11-10-7-12-13-15(10)6-5-14(11)9(3)4/h7-9,11H,5-6H2,1-4H3. The van der Waals surface area contributed by atoms with Gasteiger partial charge in [0, 0.05) is 12.6 Å². The highest BCUT2D eigenvalue weighted by Gasteiger charge is 2.32. The van der Waals surface area contributed by atoms with E-state index < -0.39 is 0 Å². The van der Waals surface area contributed by atoms with Gasteiger partial charge in [0.2, 0.25) is 0 Å². The molecule has 1 aromatic rings. The van der Waals surface area contributed by atoms with Crippen LogP contribution in [0.4, 0.5) is 0 Å². The largest absolute Gasteiger partial charge is 0.290 e. The van der Waals surface area contributed by atoms with Crippen LogP contribution in [0.3, 0.4) is 0 Å². The Kier molecular flexibility index (Phi) is 2.78. The third-order valence-electron chi connectivity index (χ3n) is 3.17. The predicted octanol–water partition coefficient (Wildman–Crippen LogP) is 1.70. The van der Waals surface area contributed by atoms with Crippen LogP contribution in [0.25, 0.3) is 0 Å². The van der Waals surface area contributed by atoms with Crippen molar-refractivity contribution in [1.29, 1.82) is 0 Å². The van der Waals surface area contributed by atoms with Gasteiger partial charge in [0.25, 0.3) is 0 Å². The van der Waals surface area contributed by atoms with Crippen molar-refractivity contribution in [3.05, 3.63) is 11.9 Å². The fraction of sp³-hybridized carbons (Fsp3) is 0.818. The SMILES string of the molecule is CC(C)C1c2cnnn2CCN1C(C)C. The minimum absolute atomic E-state index is 0.466. The summed E-state index contributed by atoms with van der Waals surface area (Å²) < 4.78 is 2.05. The molecule has 0 saturated carbocycles. The highest BCUT2D eigenvalue weighted by Crippen LogP contribution is 2.32. The Labute approximate surface area is 91.3 Å². The highest BCUT2D eigenvalue weighted by molar-refractivity contribution is 5.07. The minimum atomic E-state index is 0.466. The Balaban J connectivity index is 2.34. The summed E-state index contributed by atoms with van der Waals surface area (Å²) in [6, 6.07) is 1.05. The van der Waals surface area contributed by atoms with E-state index in [0.29, 0.717) is 18.0 Å².